The van der Waals surface area contributed by atoms with E-state index >= 15 is 0 Å². The van der Waals surface area contributed by atoms with Crippen LogP contribution in [-0.4, -0.2) is 49.7 Å². The SMILES string of the molecule is CCCCc1nc2c(N)nc3cc(CCOCCN=C=S)ccc3c2n1Cc1cccc(O)c1O. The van der Waals surface area contributed by atoms with E-state index in [4.69, 9.17) is 15.5 Å². The van der Waals surface area contributed by atoms with Crippen LogP contribution in [-0.2, 0) is 24.1 Å². The Morgan fingerprint density at radius 2 is 2.00 bits per heavy atom. The van der Waals surface area contributed by atoms with Crippen molar-refractivity contribution >= 4 is 45.1 Å². The Morgan fingerprint density at radius 3 is 2.80 bits per heavy atom. The summed E-state index contributed by atoms with van der Waals surface area (Å²) in [6.45, 7) is 4.07. The third-order valence-electron chi connectivity index (χ3n) is 5.98. The van der Waals surface area contributed by atoms with Gasteiger partial charge < -0.3 is 25.3 Å². The number of imidazole rings is 1. The number of nitrogen functional groups attached to an aromatic ring is 1. The van der Waals surface area contributed by atoms with Gasteiger partial charge in [0, 0.05) is 17.4 Å². The van der Waals surface area contributed by atoms with Crippen LogP contribution in [0.15, 0.2) is 41.4 Å². The molecule has 2 heterocycles. The molecule has 8 nitrogen and oxygen atoms in total. The van der Waals surface area contributed by atoms with E-state index in [1.54, 1.807) is 12.1 Å². The van der Waals surface area contributed by atoms with E-state index in [1.807, 2.05) is 12.1 Å². The highest BCUT2D eigenvalue weighted by Crippen LogP contribution is 2.34. The Morgan fingerprint density at radius 1 is 1.14 bits per heavy atom. The molecule has 35 heavy (non-hydrogen) atoms. The lowest BCUT2D eigenvalue weighted by atomic mass is 10.1. The molecule has 0 fully saturated rings. The molecule has 0 aliphatic rings. The van der Waals surface area contributed by atoms with E-state index in [-0.39, 0.29) is 11.5 Å². The van der Waals surface area contributed by atoms with E-state index in [0.29, 0.717) is 43.2 Å². The number of aryl methyl sites for hydroxylation is 1. The molecule has 0 atom stereocenters. The summed E-state index contributed by atoms with van der Waals surface area (Å²) in [5, 5.41) is 23.7. The number of thiocarbonyl (C=S) groups is 1. The number of nitrogens with zero attached hydrogens (tertiary/aromatic N) is 4. The monoisotopic (exact) mass is 491 g/mol. The number of nitrogens with two attached hydrogens (primary N) is 1. The zero-order valence-electron chi connectivity index (χ0n) is 19.7. The number of unbranched alkanes of at least 4 members (excludes halogenated alkanes) is 1. The largest absolute Gasteiger partial charge is 0.504 e. The minimum absolute atomic E-state index is 0.124. The Bertz CT molecular complexity index is 1400. The molecule has 0 saturated carbocycles. The molecular weight excluding hydrogens is 462 g/mol. The number of aromatic hydroxyl groups is 2. The van der Waals surface area contributed by atoms with Gasteiger partial charge in [-0.05, 0) is 42.8 Å². The molecule has 4 rings (SSSR count). The van der Waals surface area contributed by atoms with Crippen molar-refractivity contribution in [1.82, 2.24) is 14.5 Å². The number of rotatable bonds is 11. The molecule has 0 radical (unpaired) electrons. The van der Waals surface area contributed by atoms with Crippen molar-refractivity contribution in [3.05, 3.63) is 53.3 Å². The molecule has 4 aromatic rings. The summed E-state index contributed by atoms with van der Waals surface area (Å²) in [6, 6.07) is 11.1. The molecule has 0 unspecified atom stereocenters. The van der Waals surface area contributed by atoms with Crippen molar-refractivity contribution in [1.29, 1.82) is 0 Å². The Balaban J connectivity index is 1.74. The molecule has 0 saturated heterocycles. The minimum atomic E-state index is -0.144. The Kier molecular flexibility index (Phi) is 7.92. The van der Waals surface area contributed by atoms with Gasteiger partial charge >= 0.3 is 0 Å². The quantitative estimate of drug-likeness (QED) is 0.121. The first-order chi connectivity index (χ1) is 17.0. The van der Waals surface area contributed by atoms with E-state index in [9.17, 15) is 10.2 Å². The van der Waals surface area contributed by atoms with Gasteiger partial charge in [0.05, 0.1) is 42.5 Å². The van der Waals surface area contributed by atoms with E-state index in [1.165, 1.54) is 6.07 Å². The zero-order valence-corrected chi connectivity index (χ0v) is 20.5. The molecule has 4 N–H and O–H groups in total. The van der Waals surface area contributed by atoms with Gasteiger partial charge in [-0.2, -0.15) is 0 Å². The summed E-state index contributed by atoms with van der Waals surface area (Å²) < 4.78 is 7.69. The fraction of sp³-hybridized carbons (Fsp3) is 0.346. The predicted octanol–water partition coefficient (Wildman–Crippen LogP) is 4.63. The highest BCUT2D eigenvalue weighted by atomic mass is 32.1. The topological polar surface area (TPSA) is 119 Å². The van der Waals surface area contributed by atoms with Gasteiger partial charge in [0.2, 0.25) is 0 Å². The summed E-state index contributed by atoms with van der Waals surface area (Å²) in [6.07, 6.45) is 3.50. The number of anilines is 1. The van der Waals surface area contributed by atoms with Gasteiger partial charge in [-0.3, -0.25) is 0 Å². The van der Waals surface area contributed by atoms with Crippen LogP contribution < -0.4 is 5.73 Å². The summed E-state index contributed by atoms with van der Waals surface area (Å²) >= 11 is 4.56. The fourth-order valence-corrected chi connectivity index (χ4v) is 4.27. The average Bonchev–Trinajstić information content (AvgIpc) is 3.21. The molecular formula is C26H29N5O3S. The number of ether oxygens (including phenoxy) is 1. The Labute approximate surface area is 209 Å². The lowest BCUT2D eigenvalue weighted by Gasteiger charge is -2.13. The number of phenolic OH excluding ortho intramolecular Hbond substituents is 2. The second kappa shape index (κ2) is 11.3. The molecule has 0 amide bonds. The summed E-state index contributed by atoms with van der Waals surface area (Å²) in [7, 11) is 0. The standard InChI is InChI=1S/C26H29N5O3S/c1-2-3-7-22-30-23-24(31(22)15-18-5-4-6-21(32)25(18)33)19-9-8-17(14-20(19)29-26(23)27)10-12-34-13-11-28-16-35/h4-6,8-9,14,32-33H,2-3,7,10-13,15H2,1H3,(H2,27,29). The van der Waals surface area contributed by atoms with Crippen molar-refractivity contribution in [2.24, 2.45) is 4.99 Å². The van der Waals surface area contributed by atoms with Crippen LogP contribution in [0.2, 0.25) is 0 Å². The van der Waals surface area contributed by atoms with Crippen molar-refractivity contribution in [2.75, 3.05) is 25.5 Å². The second-order valence-corrected chi connectivity index (χ2v) is 8.57. The number of pyridine rings is 1. The van der Waals surface area contributed by atoms with Crippen LogP contribution in [0.4, 0.5) is 5.82 Å². The normalized spacial score (nSPS) is 11.2. The van der Waals surface area contributed by atoms with Gasteiger partial charge in [-0.15, -0.1) is 0 Å². The molecule has 0 aliphatic heterocycles. The number of aliphatic imine (C=N–C) groups is 1. The second-order valence-electron chi connectivity index (χ2n) is 8.38. The predicted molar refractivity (Wildman–Crippen MR) is 141 cm³/mol. The molecule has 0 spiro atoms. The summed E-state index contributed by atoms with van der Waals surface area (Å²) in [4.78, 5) is 13.3. The fourth-order valence-electron chi connectivity index (χ4n) is 4.18. The maximum atomic E-state index is 10.4. The lowest BCUT2D eigenvalue weighted by molar-refractivity contribution is 0.145. The van der Waals surface area contributed by atoms with E-state index in [0.717, 1.165) is 53.5 Å². The first-order valence-corrected chi connectivity index (χ1v) is 12.1. The van der Waals surface area contributed by atoms with Gasteiger partial charge in [0.15, 0.2) is 17.3 Å². The van der Waals surface area contributed by atoms with Crippen molar-refractivity contribution in [2.45, 2.75) is 39.2 Å². The van der Waals surface area contributed by atoms with Crippen molar-refractivity contribution < 1.29 is 14.9 Å². The first-order valence-electron chi connectivity index (χ1n) is 11.7. The summed E-state index contributed by atoms with van der Waals surface area (Å²) in [5.74, 6) is 0.979. The molecule has 9 heteroatoms. The number of para-hydroxylation sites is 1. The van der Waals surface area contributed by atoms with Gasteiger partial charge in [0.25, 0.3) is 0 Å². The van der Waals surface area contributed by atoms with Gasteiger partial charge in [-0.1, -0.05) is 37.6 Å². The average molecular weight is 492 g/mol. The van der Waals surface area contributed by atoms with Gasteiger partial charge in [0.1, 0.15) is 11.3 Å². The number of benzene rings is 2. The maximum Gasteiger partial charge on any atom is 0.162 e. The van der Waals surface area contributed by atoms with E-state index in [2.05, 4.69) is 44.9 Å². The molecule has 182 valence electrons. The van der Waals surface area contributed by atoms with Crippen LogP contribution >= 0.6 is 12.2 Å². The van der Waals surface area contributed by atoms with Crippen LogP contribution in [0.1, 0.15) is 36.7 Å². The highest BCUT2D eigenvalue weighted by molar-refractivity contribution is 7.78. The highest BCUT2D eigenvalue weighted by Gasteiger charge is 2.19. The van der Waals surface area contributed by atoms with Crippen LogP contribution in [0.3, 0.4) is 0 Å². The zero-order chi connectivity index (χ0) is 24.8. The maximum absolute atomic E-state index is 10.4. The number of aromatic nitrogens is 3. The van der Waals surface area contributed by atoms with E-state index < -0.39 is 0 Å². The molecule has 0 bridgehead atoms. The Hall–Kier alpha value is -3.52. The smallest absolute Gasteiger partial charge is 0.162 e. The summed E-state index contributed by atoms with van der Waals surface area (Å²) in [5.41, 5.74) is 10.4. The van der Waals surface area contributed by atoms with Crippen LogP contribution in [0.25, 0.3) is 21.9 Å². The van der Waals surface area contributed by atoms with Crippen molar-refractivity contribution in [3.8, 4) is 11.5 Å². The number of hydrogen-bond acceptors (Lipinski definition) is 8. The third kappa shape index (κ3) is 5.43. The lowest BCUT2D eigenvalue weighted by Crippen LogP contribution is -2.06. The molecule has 0 aliphatic carbocycles. The molecule has 2 aromatic heterocycles. The van der Waals surface area contributed by atoms with Gasteiger partial charge in [-0.25, -0.2) is 15.0 Å². The van der Waals surface area contributed by atoms with Crippen LogP contribution in [0.5, 0.6) is 11.5 Å². The van der Waals surface area contributed by atoms with Crippen molar-refractivity contribution in [3.63, 3.8) is 0 Å². The van der Waals surface area contributed by atoms with Crippen LogP contribution in [0, 0.1) is 0 Å². The number of fused-ring (bicyclic) bond motifs is 3. The molecule has 2 aromatic carbocycles. The number of isothiocyanates is 1. The third-order valence-corrected chi connectivity index (χ3v) is 6.10. The number of phenols is 2. The first kappa shape index (κ1) is 24.6. The number of hydrogen-bond donors (Lipinski definition) is 3. The minimum Gasteiger partial charge on any atom is -0.504 e.